The lowest BCUT2D eigenvalue weighted by atomic mass is 9.95. The predicted molar refractivity (Wildman–Crippen MR) is 141 cm³/mol. The number of ether oxygens (including phenoxy) is 10. The van der Waals surface area contributed by atoms with E-state index in [9.17, 15) is 33.6 Å². The van der Waals surface area contributed by atoms with Crippen LogP contribution < -0.4 is 4.91 Å². The fourth-order valence-corrected chi connectivity index (χ4v) is 4.64. The largest absolute Gasteiger partial charge is 0.463 e. The van der Waals surface area contributed by atoms with E-state index in [1.54, 1.807) is 0 Å². The molecule has 0 saturated carbocycles. The maximum absolute atomic E-state index is 12.3. The molecule has 2 fully saturated rings. The van der Waals surface area contributed by atoms with Crippen molar-refractivity contribution in [1.29, 1.82) is 5.53 Å². The number of nitrogens with zero attached hydrogens (tertiary/aromatic N) is 2. The Morgan fingerprint density at radius 3 is 1.37 bits per heavy atom. The summed E-state index contributed by atoms with van der Waals surface area (Å²) in [6.07, 6.45) is -15.9. The molecule has 0 aromatic rings. The van der Waals surface area contributed by atoms with Crippen molar-refractivity contribution in [2.24, 2.45) is 5.11 Å². The second-order valence-corrected chi connectivity index (χ2v) is 9.90. The van der Waals surface area contributed by atoms with Crippen molar-refractivity contribution < 1.29 is 80.9 Å². The Balaban J connectivity index is 2.73. The molecule has 2 aliphatic heterocycles. The third-order valence-corrected chi connectivity index (χ3v) is 6.08. The number of nitrogens with one attached hydrogen (secondary N) is 1. The third kappa shape index (κ3) is 11.1. The van der Waals surface area contributed by atoms with Crippen molar-refractivity contribution in [3.63, 3.8) is 0 Å². The Bertz CT molecular complexity index is 1220. The van der Waals surface area contributed by atoms with Crippen molar-refractivity contribution in [2.75, 3.05) is 13.2 Å². The van der Waals surface area contributed by atoms with Gasteiger partial charge >= 0.3 is 41.8 Å². The normalized spacial score (nSPS) is 30.3. The van der Waals surface area contributed by atoms with Gasteiger partial charge < -0.3 is 47.4 Å². The van der Waals surface area contributed by atoms with Crippen molar-refractivity contribution in [1.82, 2.24) is 4.91 Å². The van der Waals surface area contributed by atoms with E-state index >= 15 is 0 Å². The van der Waals surface area contributed by atoms with Crippen molar-refractivity contribution in [2.45, 2.75) is 110 Å². The summed E-state index contributed by atoms with van der Waals surface area (Å²) in [6, 6.07) is 0. The second-order valence-electron chi connectivity index (χ2n) is 9.90. The number of esters is 7. The van der Waals surface area contributed by atoms with Gasteiger partial charge in [0.15, 0.2) is 41.9 Å². The third-order valence-electron chi connectivity index (χ3n) is 6.08. The molecule has 0 amide bonds. The van der Waals surface area contributed by atoms with Crippen LogP contribution in [0.1, 0.15) is 48.5 Å². The van der Waals surface area contributed by atoms with Crippen LogP contribution in [-0.4, -0.2) is 116 Å². The molecule has 0 spiro atoms. The summed E-state index contributed by atoms with van der Waals surface area (Å²) in [5.74, 6) is -6.02. The van der Waals surface area contributed by atoms with Gasteiger partial charge in [0, 0.05) is 48.5 Å². The first-order valence-electron chi connectivity index (χ1n) is 13.7. The van der Waals surface area contributed by atoms with Gasteiger partial charge in [-0.25, -0.2) is 0 Å². The van der Waals surface area contributed by atoms with Gasteiger partial charge in [-0.15, -0.1) is 0 Å². The molecule has 0 aromatic carbocycles. The first kappa shape index (κ1) is 37.7. The Labute approximate surface area is 261 Å². The average molecular weight is 663 g/mol. The summed E-state index contributed by atoms with van der Waals surface area (Å²) < 4.78 is 55.0. The lowest BCUT2D eigenvalue weighted by molar-refractivity contribution is -0.344. The van der Waals surface area contributed by atoms with E-state index in [0.29, 0.717) is 0 Å². The molecule has 0 bridgehead atoms. The molecular weight excluding hydrogens is 626 g/mol. The van der Waals surface area contributed by atoms with Crippen LogP contribution in [0.4, 0.5) is 0 Å². The van der Waals surface area contributed by atoms with Gasteiger partial charge in [-0.05, 0) is 0 Å². The van der Waals surface area contributed by atoms with E-state index in [4.69, 9.17) is 52.9 Å². The molecule has 20 heteroatoms. The summed E-state index contributed by atoms with van der Waals surface area (Å²) in [7, 11) is 0. The molecule has 0 unspecified atom stereocenters. The number of rotatable bonds is 12. The minimum Gasteiger partial charge on any atom is -0.463 e. The van der Waals surface area contributed by atoms with Crippen LogP contribution in [0.3, 0.4) is 0 Å². The van der Waals surface area contributed by atoms with Gasteiger partial charge in [-0.2, -0.15) is 0 Å². The summed E-state index contributed by atoms with van der Waals surface area (Å²) >= 11 is 0. The molecular formula is C26H36N3O17+. The smallest absolute Gasteiger partial charge is 0.303 e. The Kier molecular flexibility index (Phi) is 14.1. The molecule has 2 saturated heterocycles. The molecule has 0 radical (unpaired) electrons. The van der Waals surface area contributed by atoms with E-state index in [0.717, 1.165) is 48.5 Å². The Hall–Kier alpha value is -4.52. The standard InChI is InChI=1S/C26H36N3O17/c1-10(30)37-8-17-20(21(40-13(4)33)23(42-15(6)35)25(44-17)28-29-27)46-26-24(43-16(7)36)22(41-14(5)34)19(39-12(3)32)18(45-26)9-38-11(2)31/h17-27H,8-9H2,1-7H3/q+1/t17-,18-,19+,20+,21-,22+,23-,24+,25+,26+/m0/s1. The quantitative estimate of drug-likeness (QED) is 0.115. The maximum atomic E-state index is 12.3. The zero-order chi connectivity index (χ0) is 34.7. The highest BCUT2D eigenvalue weighted by Crippen LogP contribution is 2.35. The fraction of sp³-hybridized carbons (Fsp3) is 0.731. The van der Waals surface area contributed by atoms with Crippen LogP contribution in [0.2, 0.25) is 0 Å². The summed E-state index contributed by atoms with van der Waals surface area (Å²) in [6.45, 7) is 6.14. The van der Waals surface area contributed by atoms with Crippen LogP contribution in [0, 0.1) is 5.53 Å². The molecule has 10 atom stereocenters. The van der Waals surface area contributed by atoms with E-state index < -0.39 is 116 Å². The highest BCUT2D eigenvalue weighted by atomic mass is 16.8. The predicted octanol–water partition coefficient (Wildman–Crippen LogP) is -0.844. The van der Waals surface area contributed by atoms with E-state index in [1.165, 1.54) is 0 Å². The number of carbonyl (C=O) groups excluding carboxylic acids is 7. The van der Waals surface area contributed by atoms with Gasteiger partial charge in [0.1, 0.15) is 37.1 Å². The van der Waals surface area contributed by atoms with E-state index in [-0.39, 0.29) is 0 Å². The number of hydrogen-bond donors (Lipinski definition) is 1. The topological polar surface area (TPSA) is 262 Å². The molecule has 0 aromatic heterocycles. The van der Waals surface area contributed by atoms with Crippen molar-refractivity contribution >= 4 is 41.8 Å². The van der Waals surface area contributed by atoms with Gasteiger partial charge in [-0.3, -0.25) is 33.6 Å². The van der Waals surface area contributed by atoms with Crippen LogP contribution >= 0.6 is 0 Å². The van der Waals surface area contributed by atoms with Crippen molar-refractivity contribution in [3.8, 4) is 0 Å². The van der Waals surface area contributed by atoms with Crippen LogP contribution in [0.5, 0.6) is 0 Å². The minimum atomic E-state index is -1.81. The average Bonchev–Trinajstić information content (AvgIpc) is 2.91. The number of hydrogen-bond acceptors (Lipinski definition) is 19. The SMILES string of the molecule is CC(=O)OC[C@@H]1O[C@H](O[C@H]2[C@H](OC(C)=O)[C@H](OC(C)=O)[C@H](N=[N+]=N)O[C@H]2COC(C)=O)[C@H](OC(C)=O)[C@H](OC(C)=O)[C@@H]1OC(C)=O. The van der Waals surface area contributed by atoms with Crippen LogP contribution in [0.25, 0.3) is 0 Å². The van der Waals surface area contributed by atoms with Gasteiger partial charge in [0.05, 0.1) is 0 Å². The molecule has 256 valence electrons. The Morgan fingerprint density at radius 2 is 0.935 bits per heavy atom. The fourth-order valence-electron chi connectivity index (χ4n) is 4.64. The lowest BCUT2D eigenvalue weighted by Gasteiger charge is -2.47. The Morgan fingerprint density at radius 1 is 0.543 bits per heavy atom. The molecule has 1 N–H and O–H groups in total. The van der Waals surface area contributed by atoms with Crippen LogP contribution in [0.15, 0.2) is 5.11 Å². The maximum Gasteiger partial charge on any atom is 0.303 e. The monoisotopic (exact) mass is 662 g/mol. The number of carbonyl (C=O) groups is 7. The van der Waals surface area contributed by atoms with E-state index in [1.807, 2.05) is 0 Å². The summed E-state index contributed by atoms with van der Waals surface area (Å²) in [5.41, 5.74) is 7.17. The zero-order valence-electron chi connectivity index (χ0n) is 26.0. The zero-order valence-corrected chi connectivity index (χ0v) is 26.0. The molecule has 20 nitrogen and oxygen atoms in total. The molecule has 46 heavy (non-hydrogen) atoms. The van der Waals surface area contributed by atoms with E-state index in [2.05, 4.69) is 10.0 Å². The van der Waals surface area contributed by atoms with Crippen LogP contribution in [-0.2, 0) is 80.9 Å². The minimum absolute atomic E-state index is 0.578. The van der Waals surface area contributed by atoms with Gasteiger partial charge in [-0.1, -0.05) is 0 Å². The molecule has 2 heterocycles. The van der Waals surface area contributed by atoms with Gasteiger partial charge in [0.25, 0.3) is 6.23 Å². The highest BCUT2D eigenvalue weighted by molar-refractivity contribution is 5.69. The van der Waals surface area contributed by atoms with Crippen molar-refractivity contribution in [3.05, 3.63) is 0 Å². The summed E-state index contributed by atoms with van der Waals surface area (Å²) in [5, 5.41) is 3.57. The van der Waals surface area contributed by atoms with Gasteiger partial charge in [0.2, 0.25) is 4.91 Å². The molecule has 2 rings (SSSR count). The summed E-state index contributed by atoms with van der Waals surface area (Å²) in [4.78, 5) is 87.0. The lowest BCUT2D eigenvalue weighted by Crippen LogP contribution is -2.67. The molecule has 0 aliphatic carbocycles. The first-order valence-corrected chi connectivity index (χ1v) is 13.7. The highest BCUT2D eigenvalue weighted by Gasteiger charge is 2.58. The first-order chi connectivity index (χ1) is 21.5. The molecule has 2 aliphatic rings. The second kappa shape index (κ2) is 17.2.